The number of likely N-dealkylation sites (tertiary alicyclic amines) is 1. The van der Waals surface area contributed by atoms with Crippen LogP contribution >= 0.6 is 0 Å². The van der Waals surface area contributed by atoms with E-state index in [0.29, 0.717) is 36.0 Å². The molecule has 0 radical (unpaired) electrons. The lowest BCUT2D eigenvalue weighted by Gasteiger charge is -2.38. The molecule has 0 spiro atoms. The number of piperidine rings is 1. The average Bonchev–Trinajstić information content (AvgIpc) is 3.05. The lowest BCUT2D eigenvalue weighted by molar-refractivity contribution is 0.0937. The standard InChI is InChI=1S/C34H36FN5O4/c1-43-22-19-36-33(41)26-8-14-31(15-9-26)44-32-16-7-25(23-37-32)24-39-20-17-30(18-21-39)40(29-5-3-2-4-6-29)34(42)38-28-12-10-27(35)11-13-28/h2-16,23,30H,17-22,24H2,1H3,(H,36,41)(H,38,42). The Morgan fingerprint density at radius 3 is 2.34 bits per heavy atom. The van der Waals surface area contributed by atoms with Crippen LogP contribution in [0.25, 0.3) is 0 Å². The Kier molecular flexibility index (Phi) is 10.5. The molecule has 2 N–H and O–H groups in total. The van der Waals surface area contributed by atoms with E-state index >= 15 is 0 Å². The van der Waals surface area contributed by atoms with E-state index in [9.17, 15) is 14.0 Å². The molecule has 10 heteroatoms. The molecule has 44 heavy (non-hydrogen) atoms. The summed E-state index contributed by atoms with van der Waals surface area (Å²) < 4.78 is 24.2. The zero-order valence-electron chi connectivity index (χ0n) is 24.6. The molecule has 1 aromatic heterocycles. The molecule has 0 bridgehead atoms. The Labute approximate surface area is 256 Å². The van der Waals surface area contributed by atoms with E-state index in [2.05, 4.69) is 20.5 Å². The van der Waals surface area contributed by atoms with Crippen molar-refractivity contribution in [2.45, 2.75) is 25.4 Å². The third kappa shape index (κ3) is 8.40. The van der Waals surface area contributed by atoms with Gasteiger partial charge in [-0.05, 0) is 79.1 Å². The van der Waals surface area contributed by atoms with Crippen molar-refractivity contribution >= 4 is 23.3 Å². The van der Waals surface area contributed by atoms with E-state index in [1.54, 1.807) is 43.5 Å². The second-order valence-corrected chi connectivity index (χ2v) is 10.5. The van der Waals surface area contributed by atoms with Crippen molar-refractivity contribution in [1.82, 2.24) is 15.2 Å². The smallest absolute Gasteiger partial charge is 0.326 e. The van der Waals surface area contributed by atoms with Crippen molar-refractivity contribution < 1.29 is 23.5 Å². The molecule has 1 aliphatic heterocycles. The number of nitrogens with one attached hydrogen (secondary N) is 2. The van der Waals surface area contributed by atoms with Gasteiger partial charge in [-0.3, -0.25) is 14.6 Å². The monoisotopic (exact) mass is 597 g/mol. The summed E-state index contributed by atoms with van der Waals surface area (Å²) in [7, 11) is 1.59. The first-order valence-electron chi connectivity index (χ1n) is 14.6. The maximum absolute atomic E-state index is 13.4. The molecular formula is C34H36FN5O4. The number of carbonyl (C=O) groups excluding carboxylic acids is 2. The molecule has 4 aromatic rings. The third-order valence-electron chi connectivity index (χ3n) is 7.41. The maximum atomic E-state index is 13.4. The van der Waals surface area contributed by atoms with Gasteiger partial charge in [-0.2, -0.15) is 0 Å². The summed E-state index contributed by atoms with van der Waals surface area (Å²) in [5, 5.41) is 5.71. The van der Waals surface area contributed by atoms with E-state index in [4.69, 9.17) is 9.47 Å². The van der Waals surface area contributed by atoms with Gasteiger partial charge in [0, 0.05) is 68.5 Å². The molecule has 1 aliphatic rings. The highest BCUT2D eigenvalue weighted by atomic mass is 19.1. The van der Waals surface area contributed by atoms with Gasteiger partial charge in [0.05, 0.1) is 6.61 Å². The number of aromatic nitrogens is 1. The number of carbonyl (C=O) groups is 2. The van der Waals surface area contributed by atoms with Gasteiger partial charge in [-0.15, -0.1) is 0 Å². The molecule has 1 fully saturated rings. The number of halogens is 1. The zero-order valence-corrected chi connectivity index (χ0v) is 24.6. The van der Waals surface area contributed by atoms with Gasteiger partial charge in [0.1, 0.15) is 11.6 Å². The van der Waals surface area contributed by atoms with Crippen molar-refractivity contribution in [3.05, 3.63) is 114 Å². The van der Waals surface area contributed by atoms with E-state index in [0.717, 1.165) is 43.7 Å². The van der Waals surface area contributed by atoms with Crippen LogP contribution in [-0.2, 0) is 11.3 Å². The minimum Gasteiger partial charge on any atom is -0.439 e. The highest BCUT2D eigenvalue weighted by Gasteiger charge is 2.29. The molecule has 3 aromatic carbocycles. The highest BCUT2D eigenvalue weighted by Crippen LogP contribution is 2.26. The Balaban J connectivity index is 1.13. The number of nitrogens with zero attached hydrogens (tertiary/aromatic N) is 3. The van der Waals surface area contributed by atoms with Gasteiger partial charge in [0.2, 0.25) is 5.88 Å². The minimum atomic E-state index is -0.348. The lowest BCUT2D eigenvalue weighted by atomic mass is 10.0. The Morgan fingerprint density at radius 1 is 0.955 bits per heavy atom. The largest absolute Gasteiger partial charge is 0.439 e. The number of urea groups is 1. The van der Waals surface area contributed by atoms with Crippen molar-refractivity contribution in [3.63, 3.8) is 0 Å². The van der Waals surface area contributed by atoms with Gasteiger partial charge in [0.25, 0.3) is 5.91 Å². The number of para-hydroxylation sites is 1. The Hall–Kier alpha value is -4.80. The van der Waals surface area contributed by atoms with E-state index < -0.39 is 0 Å². The number of rotatable bonds is 11. The first kappa shape index (κ1) is 30.7. The lowest BCUT2D eigenvalue weighted by Crippen LogP contribution is -2.49. The molecule has 2 heterocycles. The normalized spacial score (nSPS) is 13.7. The zero-order chi connectivity index (χ0) is 30.7. The number of hydrogen-bond donors (Lipinski definition) is 2. The van der Waals surface area contributed by atoms with Crippen LogP contribution < -0.4 is 20.3 Å². The van der Waals surface area contributed by atoms with Crippen LogP contribution in [0.15, 0.2) is 97.2 Å². The van der Waals surface area contributed by atoms with E-state index in [1.807, 2.05) is 53.6 Å². The molecule has 3 amide bonds. The molecule has 1 saturated heterocycles. The molecule has 0 aliphatic carbocycles. The van der Waals surface area contributed by atoms with Gasteiger partial charge in [-0.1, -0.05) is 24.3 Å². The Bertz CT molecular complexity index is 1490. The summed E-state index contributed by atoms with van der Waals surface area (Å²) in [6.07, 6.45) is 3.42. The summed E-state index contributed by atoms with van der Waals surface area (Å²) in [5.74, 6) is 0.544. The minimum absolute atomic E-state index is 0.0193. The molecule has 0 unspecified atom stereocenters. The number of anilines is 2. The SMILES string of the molecule is COCCNC(=O)c1ccc(Oc2ccc(CN3CCC(N(C(=O)Nc4ccc(F)cc4)c4ccccc4)CC3)cn2)cc1. The summed E-state index contributed by atoms with van der Waals surface area (Å²) >= 11 is 0. The van der Waals surface area contributed by atoms with Crippen LogP contribution in [0.5, 0.6) is 11.6 Å². The average molecular weight is 598 g/mol. The summed E-state index contributed by atoms with van der Waals surface area (Å²) in [4.78, 5) is 34.2. The molecule has 9 nitrogen and oxygen atoms in total. The Morgan fingerprint density at radius 2 is 1.68 bits per heavy atom. The molecule has 5 rings (SSSR count). The van der Waals surface area contributed by atoms with Gasteiger partial charge < -0.3 is 20.1 Å². The predicted octanol–water partition coefficient (Wildman–Crippen LogP) is 6.09. The van der Waals surface area contributed by atoms with Crippen LogP contribution in [0, 0.1) is 5.82 Å². The number of pyridine rings is 1. The van der Waals surface area contributed by atoms with Crippen LogP contribution in [0.1, 0.15) is 28.8 Å². The summed E-state index contributed by atoms with van der Waals surface area (Å²) in [6, 6.07) is 25.9. The van der Waals surface area contributed by atoms with Gasteiger partial charge in [-0.25, -0.2) is 14.2 Å². The van der Waals surface area contributed by atoms with Gasteiger partial charge in [0.15, 0.2) is 0 Å². The fraction of sp³-hybridized carbons (Fsp3) is 0.265. The quantitative estimate of drug-likeness (QED) is 0.203. The summed E-state index contributed by atoms with van der Waals surface area (Å²) in [5.41, 5.74) is 2.98. The second-order valence-electron chi connectivity index (χ2n) is 10.5. The van der Waals surface area contributed by atoms with Crippen LogP contribution in [0.2, 0.25) is 0 Å². The van der Waals surface area contributed by atoms with Gasteiger partial charge >= 0.3 is 6.03 Å². The van der Waals surface area contributed by atoms with Crippen LogP contribution in [0.3, 0.4) is 0 Å². The first-order chi connectivity index (χ1) is 21.5. The number of ether oxygens (including phenoxy) is 2. The highest BCUT2D eigenvalue weighted by molar-refractivity contribution is 6.02. The van der Waals surface area contributed by atoms with Crippen LogP contribution in [0.4, 0.5) is 20.6 Å². The van der Waals surface area contributed by atoms with Crippen molar-refractivity contribution in [2.24, 2.45) is 0 Å². The van der Waals surface area contributed by atoms with E-state index in [1.165, 1.54) is 12.1 Å². The topological polar surface area (TPSA) is 96.0 Å². The maximum Gasteiger partial charge on any atom is 0.326 e. The third-order valence-corrected chi connectivity index (χ3v) is 7.41. The van der Waals surface area contributed by atoms with Crippen molar-refractivity contribution in [3.8, 4) is 11.6 Å². The fourth-order valence-electron chi connectivity index (χ4n) is 5.12. The van der Waals surface area contributed by atoms with Crippen molar-refractivity contribution in [1.29, 1.82) is 0 Å². The number of amides is 3. The fourth-order valence-corrected chi connectivity index (χ4v) is 5.12. The number of methoxy groups -OCH3 is 1. The predicted molar refractivity (Wildman–Crippen MR) is 168 cm³/mol. The van der Waals surface area contributed by atoms with Crippen molar-refractivity contribution in [2.75, 3.05) is 43.6 Å². The summed E-state index contributed by atoms with van der Waals surface area (Å²) in [6.45, 7) is 3.28. The first-order valence-corrected chi connectivity index (χ1v) is 14.6. The van der Waals surface area contributed by atoms with Crippen LogP contribution in [-0.4, -0.2) is 61.2 Å². The second kappa shape index (κ2) is 15.1. The molecular weight excluding hydrogens is 561 g/mol. The molecule has 0 atom stereocenters. The van der Waals surface area contributed by atoms with E-state index in [-0.39, 0.29) is 23.8 Å². The number of hydrogen-bond acceptors (Lipinski definition) is 6. The molecule has 228 valence electrons. The molecule has 0 saturated carbocycles. The number of benzene rings is 3.